The Hall–Kier alpha value is -2.87. The number of fused-ring (bicyclic) bond motifs is 1. The van der Waals surface area contributed by atoms with Gasteiger partial charge >= 0.3 is 11.9 Å². The quantitative estimate of drug-likeness (QED) is 0.619. The molecule has 1 amide bonds. The van der Waals surface area contributed by atoms with Crippen molar-refractivity contribution in [3.8, 4) is 0 Å². The summed E-state index contributed by atoms with van der Waals surface area (Å²) in [5.41, 5.74) is 2.45. The van der Waals surface area contributed by atoms with Gasteiger partial charge in [-0.05, 0) is 32.9 Å². The summed E-state index contributed by atoms with van der Waals surface area (Å²) in [6, 6.07) is 5.41. The maximum absolute atomic E-state index is 13.0. The molecule has 0 spiro atoms. The van der Waals surface area contributed by atoms with Gasteiger partial charge in [0.05, 0.1) is 38.4 Å². The average Bonchev–Trinajstić information content (AvgIpc) is 3.10. The van der Waals surface area contributed by atoms with Crippen molar-refractivity contribution in [2.75, 3.05) is 32.1 Å². The SMILES string of the molecule is CCOC(=O)C1CC[NH+]([C@@H](C)C(=O)Nc2c(C(=O)OC)[nH]c3ccc(C)cc23)CC1. The Balaban J connectivity index is 1.74. The number of benzene rings is 1. The normalized spacial score (nSPS) is 19.9. The van der Waals surface area contributed by atoms with Gasteiger partial charge in [-0.2, -0.15) is 0 Å². The molecule has 2 aromatic rings. The van der Waals surface area contributed by atoms with Gasteiger partial charge < -0.3 is 24.7 Å². The second-order valence-electron chi connectivity index (χ2n) is 7.81. The summed E-state index contributed by atoms with van der Waals surface area (Å²) in [6.07, 6.45) is 1.40. The number of hydrogen-bond donors (Lipinski definition) is 3. The van der Waals surface area contributed by atoms with Gasteiger partial charge in [0.1, 0.15) is 5.69 Å². The Morgan fingerprint density at radius 2 is 1.97 bits per heavy atom. The highest BCUT2D eigenvalue weighted by Crippen LogP contribution is 2.29. The van der Waals surface area contributed by atoms with Crippen LogP contribution in [0.1, 0.15) is 42.7 Å². The predicted octanol–water partition coefficient (Wildman–Crippen LogP) is 1.45. The van der Waals surface area contributed by atoms with Gasteiger partial charge in [-0.1, -0.05) is 11.6 Å². The van der Waals surface area contributed by atoms with Crippen molar-refractivity contribution in [3.63, 3.8) is 0 Å². The first-order chi connectivity index (χ1) is 14.3. The highest BCUT2D eigenvalue weighted by molar-refractivity contribution is 6.11. The number of aromatic nitrogens is 1. The third-order valence-corrected chi connectivity index (χ3v) is 5.85. The summed E-state index contributed by atoms with van der Waals surface area (Å²) < 4.78 is 10.00. The Morgan fingerprint density at radius 3 is 2.60 bits per heavy atom. The number of H-pyrrole nitrogens is 1. The molecule has 1 aliphatic rings. The molecule has 30 heavy (non-hydrogen) atoms. The molecule has 0 unspecified atom stereocenters. The number of likely N-dealkylation sites (tertiary alicyclic amines) is 1. The lowest BCUT2D eigenvalue weighted by Gasteiger charge is -2.31. The van der Waals surface area contributed by atoms with Gasteiger partial charge in [-0.3, -0.25) is 9.59 Å². The first-order valence-electron chi connectivity index (χ1n) is 10.4. The highest BCUT2D eigenvalue weighted by atomic mass is 16.5. The van der Waals surface area contributed by atoms with Crippen LogP contribution in [0.3, 0.4) is 0 Å². The minimum atomic E-state index is -0.533. The topological polar surface area (TPSA) is 102 Å². The van der Waals surface area contributed by atoms with Gasteiger partial charge in [-0.25, -0.2) is 4.79 Å². The molecule has 8 nitrogen and oxygen atoms in total. The molecule has 0 aliphatic carbocycles. The van der Waals surface area contributed by atoms with Crippen LogP contribution in [0.25, 0.3) is 10.9 Å². The third kappa shape index (κ3) is 4.48. The zero-order chi connectivity index (χ0) is 21.8. The smallest absolute Gasteiger partial charge is 0.356 e. The molecule has 2 heterocycles. The van der Waals surface area contributed by atoms with Crippen LogP contribution in [0.4, 0.5) is 5.69 Å². The lowest BCUT2D eigenvalue weighted by atomic mass is 9.96. The number of anilines is 1. The zero-order valence-corrected chi connectivity index (χ0v) is 18.0. The number of esters is 2. The summed E-state index contributed by atoms with van der Waals surface area (Å²) in [5, 5.41) is 3.71. The van der Waals surface area contributed by atoms with E-state index in [9.17, 15) is 14.4 Å². The molecular formula is C22H30N3O5+. The standard InChI is InChI=1S/C22H29N3O5/c1-5-30-21(27)15-8-10-25(11-9-15)14(3)20(26)24-18-16-12-13(2)6-7-17(16)23-19(18)22(28)29-4/h6-7,12,14-15,23H,5,8-11H2,1-4H3,(H,24,26)/p+1/t14-/m0/s1. The van der Waals surface area contributed by atoms with Crippen LogP contribution in [0.15, 0.2) is 18.2 Å². The van der Waals surface area contributed by atoms with Crippen LogP contribution in [0, 0.1) is 12.8 Å². The van der Waals surface area contributed by atoms with Crippen LogP contribution in [0.5, 0.6) is 0 Å². The minimum Gasteiger partial charge on any atom is -0.466 e. The molecule has 1 aromatic heterocycles. The van der Waals surface area contributed by atoms with Crippen LogP contribution < -0.4 is 10.2 Å². The number of rotatable bonds is 6. The van der Waals surface area contributed by atoms with Gasteiger partial charge in [0.2, 0.25) is 0 Å². The number of ether oxygens (including phenoxy) is 2. The van der Waals surface area contributed by atoms with Crippen molar-refractivity contribution in [2.24, 2.45) is 5.92 Å². The lowest BCUT2D eigenvalue weighted by molar-refractivity contribution is -0.919. The van der Waals surface area contributed by atoms with Crippen molar-refractivity contribution in [2.45, 2.75) is 39.7 Å². The zero-order valence-electron chi connectivity index (χ0n) is 18.0. The number of methoxy groups -OCH3 is 1. The van der Waals surface area contributed by atoms with Crippen LogP contribution in [-0.2, 0) is 19.1 Å². The van der Waals surface area contributed by atoms with E-state index in [1.54, 1.807) is 6.92 Å². The molecule has 8 heteroatoms. The Labute approximate surface area is 175 Å². The monoisotopic (exact) mass is 416 g/mol. The summed E-state index contributed by atoms with van der Waals surface area (Å²) >= 11 is 0. The molecular weight excluding hydrogens is 386 g/mol. The molecule has 3 rings (SSSR count). The largest absolute Gasteiger partial charge is 0.466 e. The van der Waals surface area contributed by atoms with E-state index < -0.39 is 5.97 Å². The number of hydrogen-bond acceptors (Lipinski definition) is 5. The van der Waals surface area contributed by atoms with E-state index in [1.165, 1.54) is 7.11 Å². The van der Waals surface area contributed by atoms with Gasteiger partial charge in [0.25, 0.3) is 5.91 Å². The number of aryl methyl sites for hydroxylation is 1. The number of amides is 1. The highest BCUT2D eigenvalue weighted by Gasteiger charge is 2.34. The second-order valence-corrected chi connectivity index (χ2v) is 7.81. The van der Waals surface area contributed by atoms with Crippen molar-refractivity contribution >= 4 is 34.4 Å². The Morgan fingerprint density at radius 1 is 1.27 bits per heavy atom. The molecule has 162 valence electrons. The lowest BCUT2D eigenvalue weighted by Crippen LogP contribution is -3.17. The number of carbonyl (C=O) groups is 3. The van der Waals surface area contributed by atoms with Crippen LogP contribution in [0.2, 0.25) is 0 Å². The number of nitrogens with one attached hydrogen (secondary N) is 3. The fourth-order valence-corrected chi connectivity index (χ4v) is 4.03. The molecule has 0 bridgehead atoms. The van der Waals surface area contributed by atoms with E-state index in [0.29, 0.717) is 25.1 Å². The summed E-state index contributed by atoms with van der Waals surface area (Å²) in [6.45, 7) is 7.45. The number of quaternary nitrogens is 1. The van der Waals surface area contributed by atoms with E-state index in [-0.39, 0.29) is 29.5 Å². The van der Waals surface area contributed by atoms with Crippen molar-refractivity contribution in [1.29, 1.82) is 0 Å². The molecule has 1 aliphatic heterocycles. The number of aromatic amines is 1. The molecule has 0 saturated carbocycles. The molecule has 1 aromatic carbocycles. The maximum Gasteiger partial charge on any atom is 0.356 e. The molecule has 1 atom stereocenters. The van der Waals surface area contributed by atoms with E-state index in [1.807, 2.05) is 32.0 Å². The van der Waals surface area contributed by atoms with E-state index >= 15 is 0 Å². The number of carbonyl (C=O) groups excluding carboxylic acids is 3. The molecule has 0 radical (unpaired) electrons. The second kappa shape index (κ2) is 9.30. The van der Waals surface area contributed by atoms with Crippen LogP contribution in [-0.4, -0.2) is 55.7 Å². The van der Waals surface area contributed by atoms with Crippen LogP contribution >= 0.6 is 0 Å². The fourth-order valence-electron chi connectivity index (χ4n) is 4.03. The summed E-state index contributed by atoms with van der Waals surface area (Å²) in [5.74, 6) is -0.946. The van der Waals surface area contributed by atoms with Crippen molar-refractivity contribution in [1.82, 2.24) is 4.98 Å². The van der Waals surface area contributed by atoms with E-state index in [2.05, 4.69) is 10.3 Å². The molecule has 3 N–H and O–H groups in total. The predicted molar refractivity (Wildman–Crippen MR) is 113 cm³/mol. The van der Waals surface area contributed by atoms with Gasteiger partial charge in [0.15, 0.2) is 6.04 Å². The fraction of sp³-hybridized carbons (Fsp3) is 0.500. The molecule has 1 fully saturated rings. The molecule has 1 saturated heterocycles. The number of piperidine rings is 1. The summed E-state index contributed by atoms with van der Waals surface area (Å²) in [4.78, 5) is 41.4. The minimum absolute atomic E-state index is 0.0912. The maximum atomic E-state index is 13.0. The van der Waals surface area contributed by atoms with Crippen molar-refractivity contribution in [3.05, 3.63) is 29.5 Å². The van der Waals surface area contributed by atoms with Gasteiger partial charge in [-0.15, -0.1) is 0 Å². The van der Waals surface area contributed by atoms with Gasteiger partial charge in [0, 0.05) is 23.7 Å². The first-order valence-corrected chi connectivity index (χ1v) is 10.4. The van der Waals surface area contributed by atoms with E-state index in [0.717, 1.165) is 34.5 Å². The Kier molecular flexibility index (Phi) is 6.77. The van der Waals surface area contributed by atoms with E-state index in [4.69, 9.17) is 9.47 Å². The Bertz CT molecular complexity index is 944. The summed E-state index contributed by atoms with van der Waals surface area (Å²) in [7, 11) is 1.31. The average molecular weight is 416 g/mol. The first kappa shape index (κ1) is 21.8. The third-order valence-electron chi connectivity index (χ3n) is 5.85. The van der Waals surface area contributed by atoms with Crippen molar-refractivity contribution < 1.29 is 28.8 Å².